The van der Waals surface area contributed by atoms with Gasteiger partial charge in [0, 0.05) is 0 Å². The summed E-state index contributed by atoms with van der Waals surface area (Å²) < 4.78 is 0.797. The van der Waals surface area contributed by atoms with Crippen LogP contribution in [0.4, 0.5) is 11.4 Å². The Morgan fingerprint density at radius 1 is 1.00 bits per heavy atom. The summed E-state index contributed by atoms with van der Waals surface area (Å²) in [6, 6.07) is 16.5. The first-order valence-corrected chi connectivity index (χ1v) is 10.2. The molecule has 4 nitrogen and oxygen atoms in total. The van der Waals surface area contributed by atoms with Crippen LogP contribution in [0.25, 0.3) is 6.08 Å². The van der Waals surface area contributed by atoms with Crippen LogP contribution < -0.4 is 9.80 Å². The molecule has 0 unspecified atom stereocenters. The number of nitrogens with zero attached hydrogens (tertiary/aromatic N) is 3. The van der Waals surface area contributed by atoms with E-state index in [9.17, 15) is 4.79 Å². The summed E-state index contributed by atoms with van der Waals surface area (Å²) in [4.78, 5) is 19.2. The molecule has 138 valence electrons. The van der Waals surface area contributed by atoms with Gasteiger partial charge in [-0.3, -0.25) is 0 Å². The molecule has 0 aliphatic carbocycles. The number of benzene rings is 2. The SMILES string of the molecule is Cc1ccc(N2C(=O)C(=Cc3cccc(N4CCCC4)c3)N(C)C2=[Se])cc1. The number of hydrogen-bond acceptors (Lipinski definition) is 3. The van der Waals surface area contributed by atoms with E-state index in [1.807, 2.05) is 49.2 Å². The van der Waals surface area contributed by atoms with E-state index < -0.39 is 0 Å². The molecule has 2 aliphatic heterocycles. The van der Waals surface area contributed by atoms with Crippen molar-refractivity contribution in [2.24, 2.45) is 0 Å². The molecule has 0 aromatic heterocycles. The van der Waals surface area contributed by atoms with Crippen LogP contribution in [-0.2, 0) is 4.79 Å². The first-order chi connectivity index (χ1) is 13.0. The van der Waals surface area contributed by atoms with E-state index in [1.165, 1.54) is 24.1 Å². The summed E-state index contributed by atoms with van der Waals surface area (Å²) in [6.07, 6.45) is 4.48. The van der Waals surface area contributed by atoms with Gasteiger partial charge in [-0.1, -0.05) is 0 Å². The number of amides is 1. The Hall–Kier alpha value is -2.36. The number of carbonyl (C=O) groups excluding carboxylic acids is 1. The quantitative estimate of drug-likeness (QED) is 0.560. The minimum absolute atomic E-state index is 0.0123. The minimum atomic E-state index is -0.0123. The molecule has 2 aromatic rings. The molecule has 2 saturated heterocycles. The van der Waals surface area contributed by atoms with Gasteiger partial charge in [0.25, 0.3) is 0 Å². The maximum atomic E-state index is 13.1. The van der Waals surface area contributed by atoms with Crippen molar-refractivity contribution in [3.63, 3.8) is 0 Å². The summed E-state index contributed by atoms with van der Waals surface area (Å²) in [5, 5.41) is 0. The molecule has 0 bridgehead atoms. The average molecular weight is 424 g/mol. The van der Waals surface area contributed by atoms with Crippen LogP contribution in [0.3, 0.4) is 0 Å². The van der Waals surface area contributed by atoms with Gasteiger partial charge in [-0.25, -0.2) is 0 Å². The summed E-state index contributed by atoms with van der Waals surface area (Å²) >= 11 is 3.05. The molecule has 0 spiro atoms. The predicted molar refractivity (Wildman–Crippen MR) is 113 cm³/mol. The third-order valence-corrected chi connectivity index (χ3v) is 6.16. The summed E-state index contributed by atoms with van der Waals surface area (Å²) in [7, 11) is 1.92. The monoisotopic (exact) mass is 425 g/mol. The molecule has 0 saturated carbocycles. The normalized spacial score (nSPS) is 18.9. The molecule has 0 atom stereocenters. The second-order valence-electron chi connectivity index (χ2n) is 7.14. The molecule has 2 aliphatic rings. The molecule has 4 rings (SSSR count). The van der Waals surface area contributed by atoms with E-state index in [1.54, 1.807) is 4.90 Å². The van der Waals surface area contributed by atoms with Crippen LogP contribution in [-0.4, -0.2) is 51.2 Å². The van der Waals surface area contributed by atoms with Crippen molar-refractivity contribution < 1.29 is 4.79 Å². The van der Waals surface area contributed by atoms with Gasteiger partial charge in [0.2, 0.25) is 0 Å². The number of anilines is 2. The second-order valence-corrected chi connectivity index (χ2v) is 7.90. The van der Waals surface area contributed by atoms with Crippen molar-refractivity contribution in [2.75, 3.05) is 29.9 Å². The predicted octanol–water partition coefficient (Wildman–Crippen LogP) is 3.17. The molecule has 2 aromatic carbocycles. The van der Waals surface area contributed by atoms with Gasteiger partial charge in [0.05, 0.1) is 0 Å². The number of hydrogen-bond donors (Lipinski definition) is 0. The molecule has 1 amide bonds. The fraction of sp³-hybridized carbons (Fsp3) is 0.273. The average Bonchev–Trinajstić information content (AvgIpc) is 3.28. The fourth-order valence-electron chi connectivity index (χ4n) is 3.62. The Balaban J connectivity index is 1.65. The van der Waals surface area contributed by atoms with Gasteiger partial charge < -0.3 is 0 Å². The van der Waals surface area contributed by atoms with Crippen LogP contribution in [0, 0.1) is 6.92 Å². The van der Waals surface area contributed by atoms with Crippen molar-refractivity contribution >= 4 is 43.6 Å². The fourth-order valence-corrected chi connectivity index (χ4v) is 4.22. The summed E-state index contributed by atoms with van der Waals surface area (Å²) in [5.74, 6) is -0.0123. The van der Waals surface area contributed by atoms with E-state index >= 15 is 0 Å². The van der Waals surface area contributed by atoms with Gasteiger partial charge in [0.15, 0.2) is 0 Å². The van der Waals surface area contributed by atoms with Crippen molar-refractivity contribution in [1.82, 2.24) is 4.90 Å². The van der Waals surface area contributed by atoms with Crippen LogP contribution in [0.2, 0.25) is 0 Å². The van der Waals surface area contributed by atoms with E-state index in [2.05, 4.69) is 44.7 Å². The van der Waals surface area contributed by atoms with Crippen molar-refractivity contribution in [3.8, 4) is 0 Å². The number of likely N-dealkylation sites (N-methyl/N-ethyl adjacent to an activating group) is 1. The van der Waals surface area contributed by atoms with Gasteiger partial charge >= 0.3 is 168 Å². The Morgan fingerprint density at radius 3 is 2.41 bits per heavy atom. The summed E-state index contributed by atoms with van der Waals surface area (Å²) in [6.45, 7) is 4.27. The molecular weight excluding hydrogens is 401 g/mol. The molecule has 5 heteroatoms. The first-order valence-electron chi connectivity index (χ1n) is 9.30. The van der Waals surface area contributed by atoms with Crippen LogP contribution in [0.5, 0.6) is 0 Å². The topological polar surface area (TPSA) is 26.8 Å². The van der Waals surface area contributed by atoms with Crippen LogP contribution in [0.15, 0.2) is 54.2 Å². The van der Waals surface area contributed by atoms with Crippen molar-refractivity contribution in [3.05, 3.63) is 65.4 Å². The molecule has 0 N–H and O–H groups in total. The van der Waals surface area contributed by atoms with Crippen LogP contribution >= 0.6 is 0 Å². The molecule has 0 radical (unpaired) electrons. The van der Waals surface area contributed by atoms with Crippen molar-refractivity contribution in [2.45, 2.75) is 19.8 Å². The number of aryl methyl sites for hydroxylation is 1. The summed E-state index contributed by atoms with van der Waals surface area (Å²) in [5.41, 5.74) is 5.00. The standard InChI is InChI=1S/C22H23N3OSe/c1-16-8-10-18(11-9-16)25-21(26)20(23(2)22(25)27)15-17-6-5-7-19(14-17)24-12-3-4-13-24/h5-11,14-15H,3-4,12-13H2,1-2H3. The van der Waals surface area contributed by atoms with Crippen molar-refractivity contribution in [1.29, 1.82) is 0 Å². The van der Waals surface area contributed by atoms with E-state index in [4.69, 9.17) is 0 Å². The number of rotatable bonds is 3. The van der Waals surface area contributed by atoms with Gasteiger partial charge in [-0.2, -0.15) is 0 Å². The second kappa shape index (κ2) is 7.34. The molecule has 27 heavy (non-hydrogen) atoms. The van der Waals surface area contributed by atoms with Gasteiger partial charge in [-0.05, 0) is 0 Å². The first kappa shape index (κ1) is 18.0. The van der Waals surface area contributed by atoms with Crippen LogP contribution in [0.1, 0.15) is 24.0 Å². The van der Waals surface area contributed by atoms with Gasteiger partial charge in [-0.15, -0.1) is 0 Å². The van der Waals surface area contributed by atoms with E-state index in [0.29, 0.717) is 5.70 Å². The number of carbonyl (C=O) groups is 1. The molecule has 2 fully saturated rings. The van der Waals surface area contributed by atoms with E-state index in [0.717, 1.165) is 29.0 Å². The Labute approximate surface area is 168 Å². The Bertz CT molecular complexity index is 913. The van der Waals surface area contributed by atoms with E-state index in [-0.39, 0.29) is 5.91 Å². The van der Waals surface area contributed by atoms with Gasteiger partial charge in [0.1, 0.15) is 0 Å². The zero-order valence-corrected chi connectivity index (χ0v) is 17.4. The molecular formula is C22H23N3OSe. The third kappa shape index (κ3) is 3.45. The third-order valence-electron chi connectivity index (χ3n) is 5.20. The maximum absolute atomic E-state index is 13.1. The zero-order chi connectivity index (χ0) is 19.0. The Morgan fingerprint density at radius 2 is 1.70 bits per heavy atom. The zero-order valence-electron chi connectivity index (χ0n) is 15.7. The molecule has 2 heterocycles. The Kier molecular flexibility index (Phi) is 4.90.